The van der Waals surface area contributed by atoms with E-state index in [1.807, 2.05) is 63.2 Å². The maximum atomic E-state index is 13.0. The summed E-state index contributed by atoms with van der Waals surface area (Å²) in [5.74, 6) is 0.634. The summed E-state index contributed by atoms with van der Waals surface area (Å²) < 4.78 is 24.2. The molecule has 0 radical (unpaired) electrons. The van der Waals surface area contributed by atoms with Gasteiger partial charge in [-0.05, 0) is 50.1 Å². The summed E-state index contributed by atoms with van der Waals surface area (Å²) in [6.45, 7) is 5.98. The van der Waals surface area contributed by atoms with Gasteiger partial charge >= 0.3 is 7.60 Å². The van der Waals surface area contributed by atoms with E-state index in [0.717, 1.165) is 16.7 Å². The summed E-state index contributed by atoms with van der Waals surface area (Å²) in [5, 5.41) is 0.0554. The van der Waals surface area contributed by atoms with E-state index in [4.69, 9.17) is 20.6 Å². The Labute approximate surface area is 135 Å². The number of hydrogen-bond donors (Lipinski definition) is 0. The lowest BCUT2D eigenvalue weighted by atomic mass is 9.97. The molecule has 0 bridgehead atoms. The molecule has 3 nitrogen and oxygen atoms in total. The van der Waals surface area contributed by atoms with E-state index >= 15 is 0 Å². The van der Waals surface area contributed by atoms with Crippen LogP contribution in [-0.4, -0.2) is 6.61 Å². The van der Waals surface area contributed by atoms with E-state index in [0.29, 0.717) is 17.4 Å². The lowest BCUT2D eigenvalue weighted by Gasteiger charge is -2.24. The molecule has 22 heavy (non-hydrogen) atoms. The molecule has 0 N–H and O–H groups in total. The Kier molecular flexibility index (Phi) is 3.84. The van der Waals surface area contributed by atoms with Crippen LogP contribution in [0.5, 0.6) is 5.75 Å². The molecule has 2 aromatic carbocycles. The van der Waals surface area contributed by atoms with Crippen molar-refractivity contribution in [3.8, 4) is 16.9 Å². The SMILES string of the molecule is CCOP1(=O)Oc2cc(-c3ccc(Cl)cc3)ccc2C1(C)C. The fraction of sp³-hybridized carbons (Fsp3) is 0.294. The van der Waals surface area contributed by atoms with Crippen molar-refractivity contribution in [2.24, 2.45) is 0 Å². The number of benzene rings is 2. The molecule has 0 saturated heterocycles. The van der Waals surface area contributed by atoms with Crippen LogP contribution in [0.4, 0.5) is 0 Å². The highest BCUT2D eigenvalue weighted by molar-refractivity contribution is 7.56. The third-order valence-corrected chi connectivity index (χ3v) is 6.92. The molecule has 1 aliphatic heterocycles. The number of rotatable bonds is 3. The summed E-state index contributed by atoms with van der Waals surface area (Å²) in [4.78, 5) is 0. The predicted octanol–water partition coefficient (Wildman–Crippen LogP) is 5.86. The second-order valence-electron chi connectivity index (χ2n) is 5.78. The first-order chi connectivity index (χ1) is 10.4. The van der Waals surface area contributed by atoms with E-state index in [2.05, 4.69) is 0 Å². The van der Waals surface area contributed by atoms with Gasteiger partial charge in [0, 0.05) is 10.6 Å². The van der Waals surface area contributed by atoms with Gasteiger partial charge in [-0.3, -0.25) is 4.52 Å². The average molecular weight is 337 g/mol. The second-order valence-corrected chi connectivity index (χ2v) is 8.77. The van der Waals surface area contributed by atoms with Gasteiger partial charge in [-0.25, -0.2) is 4.57 Å². The van der Waals surface area contributed by atoms with Crippen LogP contribution < -0.4 is 4.52 Å². The first-order valence-electron chi connectivity index (χ1n) is 7.22. The molecule has 0 aromatic heterocycles. The molecule has 5 heteroatoms. The van der Waals surface area contributed by atoms with Crippen LogP contribution in [0, 0.1) is 0 Å². The smallest absolute Gasteiger partial charge is 0.389 e. The fourth-order valence-corrected chi connectivity index (χ4v) is 4.63. The first-order valence-corrected chi connectivity index (χ1v) is 9.14. The van der Waals surface area contributed by atoms with E-state index < -0.39 is 12.8 Å². The molecule has 0 aliphatic carbocycles. The largest absolute Gasteiger partial charge is 0.423 e. The molecule has 1 atom stereocenters. The summed E-state index contributed by atoms with van der Waals surface area (Å²) in [7, 11) is -3.20. The van der Waals surface area contributed by atoms with E-state index in [1.165, 1.54) is 0 Å². The highest BCUT2D eigenvalue weighted by Gasteiger charge is 2.53. The van der Waals surface area contributed by atoms with Gasteiger partial charge in [0.2, 0.25) is 0 Å². The van der Waals surface area contributed by atoms with Crippen molar-refractivity contribution in [2.45, 2.75) is 25.9 Å². The maximum absolute atomic E-state index is 13.0. The zero-order valence-electron chi connectivity index (χ0n) is 12.8. The average Bonchev–Trinajstić information content (AvgIpc) is 2.66. The van der Waals surface area contributed by atoms with Gasteiger partial charge in [-0.15, -0.1) is 0 Å². The molecule has 1 heterocycles. The van der Waals surface area contributed by atoms with Crippen molar-refractivity contribution >= 4 is 19.2 Å². The molecule has 0 saturated carbocycles. The van der Waals surface area contributed by atoms with Gasteiger partial charge in [0.05, 0.1) is 6.61 Å². The van der Waals surface area contributed by atoms with Crippen LogP contribution >= 0.6 is 19.2 Å². The van der Waals surface area contributed by atoms with Crippen molar-refractivity contribution in [1.82, 2.24) is 0 Å². The summed E-state index contributed by atoms with van der Waals surface area (Å²) >= 11 is 5.92. The zero-order chi connectivity index (χ0) is 16.0. The Morgan fingerprint density at radius 3 is 2.41 bits per heavy atom. The minimum absolute atomic E-state index is 0.360. The quantitative estimate of drug-likeness (QED) is 0.658. The normalized spacial score (nSPS) is 22.2. The Bertz CT molecular complexity index is 753. The molecule has 3 rings (SSSR count). The second kappa shape index (κ2) is 5.42. The third kappa shape index (κ3) is 2.38. The van der Waals surface area contributed by atoms with Crippen LogP contribution in [0.15, 0.2) is 42.5 Å². The zero-order valence-corrected chi connectivity index (χ0v) is 14.4. The highest BCUT2D eigenvalue weighted by Crippen LogP contribution is 2.70. The van der Waals surface area contributed by atoms with E-state index in [9.17, 15) is 4.57 Å². The predicted molar refractivity (Wildman–Crippen MR) is 89.8 cm³/mol. The molecule has 0 amide bonds. The van der Waals surface area contributed by atoms with Crippen LogP contribution in [0.25, 0.3) is 11.1 Å². The maximum Gasteiger partial charge on any atom is 0.389 e. The van der Waals surface area contributed by atoms with Gasteiger partial charge in [0.15, 0.2) is 0 Å². The van der Waals surface area contributed by atoms with E-state index in [-0.39, 0.29) is 0 Å². The van der Waals surface area contributed by atoms with Gasteiger partial charge < -0.3 is 4.52 Å². The summed E-state index contributed by atoms with van der Waals surface area (Å²) in [6, 6.07) is 13.5. The van der Waals surface area contributed by atoms with Gasteiger partial charge in [0.1, 0.15) is 10.9 Å². The van der Waals surface area contributed by atoms with Gasteiger partial charge in [-0.1, -0.05) is 35.9 Å². The van der Waals surface area contributed by atoms with Crippen molar-refractivity contribution in [1.29, 1.82) is 0 Å². The number of fused-ring (bicyclic) bond motifs is 1. The van der Waals surface area contributed by atoms with Crippen molar-refractivity contribution in [3.63, 3.8) is 0 Å². The fourth-order valence-electron chi connectivity index (χ4n) is 2.67. The Morgan fingerprint density at radius 2 is 1.77 bits per heavy atom. The van der Waals surface area contributed by atoms with E-state index in [1.54, 1.807) is 0 Å². The Balaban J connectivity index is 2.04. The third-order valence-electron chi connectivity index (χ3n) is 4.02. The van der Waals surface area contributed by atoms with Gasteiger partial charge in [-0.2, -0.15) is 0 Å². The first kappa shape index (κ1) is 15.6. The lowest BCUT2D eigenvalue weighted by molar-refractivity contribution is 0.270. The number of halogens is 1. The Morgan fingerprint density at radius 1 is 1.14 bits per heavy atom. The topological polar surface area (TPSA) is 35.5 Å². The van der Waals surface area contributed by atoms with Crippen LogP contribution in [0.2, 0.25) is 5.02 Å². The minimum Gasteiger partial charge on any atom is -0.423 e. The molecular formula is C17H18ClO3P. The van der Waals surface area contributed by atoms with Crippen LogP contribution in [0.3, 0.4) is 0 Å². The van der Waals surface area contributed by atoms with Gasteiger partial charge in [0.25, 0.3) is 0 Å². The summed E-state index contributed by atoms with van der Waals surface area (Å²) in [6.07, 6.45) is 0. The van der Waals surface area contributed by atoms with Crippen molar-refractivity contribution in [2.75, 3.05) is 6.61 Å². The number of hydrogen-bond acceptors (Lipinski definition) is 3. The Hall–Kier alpha value is -1.28. The molecule has 0 spiro atoms. The van der Waals surface area contributed by atoms with Crippen LogP contribution in [-0.2, 0) is 14.2 Å². The highest BCUT2D eigenvalue weighted by atomic mass is 35.5. The molecule has 1 aliphatic rings. The molecular weight excluding hydrogens is 319 g/mol. The molecule has 2 aromatic rings. The molecule has 116 valence electrons. The summed E-state index contributed by atoms with van der Waals surface area (Å²) in [5.41, 5.74) is 2.95. The lowest BCUT2D eigenvalue weighted by Crippen LogP contribution is -2.15. The van der Waals surface area contributed by atoms with Crippen molar-refractivity contribution < 1.29 is 13.6 Å². The molecule has 0 fully saturated rings. The standard InChI is InChI=1S/C17H18ClO3P/c1-4-20-22(19)17(2,3)15-10-7-13(11-16(15)21-22)12-5-8-14(18)9-6-12/h5-11H,4H2,1-3H3. The van der Waals surface area contributed by atoms with Crippen LogP contribution in [0.1, 0.15) is 26.3 Å². The molecule has 1 unspecified atom stereocenters. The minimum atomic E-state index is -3.20. The van der Waals surface area contributed by atoms with Crippen molar-refractivity contribution in [3.05, 3.63) is 53.1 Å². The monoisotopic (exact) mass is 336 g/mol.